The van der Waals surface area contributed by atoms with Crippen LogP contribution < -0.4 is 5.32 Å². The van der Waals surface area contributed by atoms with E-state index in [0.29, 0.717) is 11.3 Å². The standard InChI is InChI=1S/C15H20FN3/c16-14-11-13(12-17)5-6-15(14)18-7-10-19-8-3-1-2-4-9-19/h5-6,11,18H,1-4,7-10H2. The molecule has 0 spiro atoms. The van der Waals surface area contributed by atoms with Gasteiger partial charge < -0.3 is 10.2 Å². The number of nitriles is 1. The molecule has 1 saturated heterocycles. The maximum atomic E-state index is 13.6. The molecule has 0 atom stereocenters. The first-order valence-electron chi connectivity index (χ1n) is 6.95. The van der Waals surface area contributed by atoms with Gasteiger partial charge in [-0.3, -0.25) is 0 Å². The zero-order valence-electron chi connectivity index (χ0n) is 11.2. The van der Waals surface area contributed by atoms with Crippen LogP contribution in [-0.4, -0.2) is 31.1 Å². The highest BCUT2D eigenvalue weighted by Crippen LogP contribution is 2.15. The van der Waals surface area contributed by atoms with E-state index >= 15 is 0 Å². The van der Waals surface area contributed by atoms with Crippen molar-refractivity contribution in [2.45, 2.75) is 25.7 Å². The van der Waals surface area contributed by atoms with Crippen molar-refractivity contribution in [1.29, 1.82) is 5.26 Å². The van der Waals surface area contributed by atoms with E-state index < -0.39 is 0 Å². The van der Waals surface area contributed by atoms with Crippen molar-refractivity contribution in [3.63, 3.8) is 0 Å². The lowest BCUT2D eigenvalue weighted by Gasteiger charge is -2.20. The molecule has 0 amide bonds. The minimum Gasteiger partial charge on any atom is -0.381 e. The van der Waals surface area contributed by atoms with Gasteiger partial charge in [-0.05, 0) is 44.1 Å². The quantitative estimate of drug-likeness (QED) is 0.905. The van der Waals surface area contributed by atoms with E-state index in [0.717, 1.165) is 26.2 Å². The molecule has 3 nitrogen and oxygen atoms in total. The molecule has 0 aromatic heterocycles. The summed E-state index contributed by atoms with van der Waals surface area (Å²) in [6.45, 7) is 3.98. The third-order valence-corrected chi connectivity index (χ3v) is 3.54. The Morgan fingerprint density at radius 1 is 1.21 bits per heavy atom. The van der Waals surface area contributed by atoms with Crippen molar-refractivity contribution in [3.8, 4) is 6.07 Å². The van der Waals surface area contributed by atoms with Crippen LogP contribution in [0.3, 0.4) is 0 Å². The van der Waals surface area contributed by atoms with Crippen molar-refractivity contribution < 1.29 is 4.39 Å². The molecule has 1 N–H and O–H groups in total. The molecule has 4 heteroatoms. The third-order valence-electron chi connectivity index (χ3n) is 3.54. The van der Waals surface area contributed by atoms with Gasteiger partial charge in [0.25, 0.3) is 0 Å². The molecule has 0 radical (unpaired) electrons. The zero-order valence-corrected chi connectivity index (χ0v) is 11.2. The molecular weight excluding hydrogens is 241 g/mol. The second-order valence-corrected chi connectivity index (χ2v) is 4.99. The molecule has 1 aromatic carbocycles. The van der Waals surface area contributed by atoms with Crippen LogP contribution in [0.1, 0.15) is 31.2 Å². The summed E-state index contributed by atoms with van der Waals surface area (Å²) >= 11 is 0. The number of benzene rings is 1. The van der Waals surface area contributed by atoms with E-state index in [1.165, 1.54) is 31.7 Å². The molecule has 0 aliphatic carbocycles. The maximum absolute atomic E-state index is 13.6. The lowest BCUT2D eigenvalue weighted by atomic mass is 10.2. The summed E-state index contributed by atoms with van der Waals surface area (Å²) in [4.78, 5) is 2.43. The average molecular weight is 261 g/mol. The fraction of sp³-hybridized carbons (Fsp3) is 0.533. The van der Waals surface area contributed by atoms with E-state index in [4.69, 9.17) is 5.26 Å². The van der Waals surface area contributed by atoms with E-state index in [1.807, 2.05) is 6.07 Å². The van der Waals surface area contributed by atoms with Gasteiger partial charge in [0.2, 0.25) is 0 Å². The predicted octanol–water partition coefficient (Wildman–Crippen LogP) is 2.99. The lowest BCUT2D eigenvalue weighted by molar-refractivity contribution is 0.296. The summed E-state index contributed by atoms with van der Waals surface area (Å²) in [6.07, 6.45) is 5.19. The molecule has 0 unspecified atom stereocenters. The van der Waals surface area contributed by atoms with Crippen LogP contribution in [0, 0.1) is 17.1 Å². The maximum Gasteiger partial charge on any atom is 0.147 e. The van der Waals surface area contributed by atoms with Crippen molar-refractivity contribution in [1.82, 2.24) is 4.90 Å². The smallest absolute Gasteiger partial charge is 0.147 e. The van der Waals surface area contributed by atoms with E-state index in [-0.39, 0.29) is 5.82 Å². The summed E-state index contributed by atoms with van der Waals surface area (Å²) in [6, 6.07) is 6.48. The Morgan fingerprint density at radius 2 is 1.95 bits per heavy atom. The van der Waals surface area contributed by atoms with Crippen molar-refractivity contribution >= 4 is 5.69 Å². The fourth-order valence-electron chi connectivity index (χ4n) is 2.44. The minimum absolute atomic E-state index is 0.352. The molecule has 1 heterocycles. The Labute approximate surface area is 114 Å². The number of nitrogens with zero attached hydrogens (tertiary/aromatic N) is 2. The summed E-state index contributed by atoms with van der Waals surface area (Å²) in [7, 11) is 0. The van der Waals surface area contributed by atoms with Crippen molar-refractivity contribution in [2.75, 3.05) is 31.5 Å². The van der Waals surface area contributed by atoms with Gasteiger partial charge in [-0.1, -0.05) is 12.8 Å². The summed E-state index contributed by atoms with van der Waals surface area (Å²) in [5, 5.41) is 11.8. The predicted molar refractivity (Wildman–Crippen MR) is 74.5 cm³/mol. The summed E-state index contributed by atoms with van der Waals surface area (Å²) in [5.41, 5.74) is 0.837. The molecule has 0 bridgehead atoms. The van der Waals surface area contributed by atoms with Crippen LogP contribution in [0.25, 0.3) is 0 Å². The van der Waals surface area contributed by atoms with Crippen molar-refractivity contribution in [2.24, 2.45) is 0 Å². The molecule has 19 heavy (non-hydrogen) atoms. The highest BCUT2D eigenvalue weighted by atomic mass is 19.1. The highest BCUT2D eigenvalue weighted by Gasteiger charge is 2.09. The second kappa shape index (κ2) is 7.10. The zero-order chi connectivity index (χ0) is 13.5. The van der Waals surface area contributed by atoms with Gasteiger partial charge >= 0.3 is 0 Å². The second-order valence-electron chi connectivity index (χ2n) is 4.99. The van der Waals surface area contributed by atoms with Crippen LogP contribution in [0.5, 0.6) is 0 Å². The van der Waals surface area contributed by atoms with Gasteiger partial charge in [-0.25, -0.2) is 4.39 Å². The number of nitrogens with one attached hydrogen (secondary N) is 1. The van der Waals surface area contributed by atoms with Crippen LogP contribution in [-0.2, 0) is 0 Å². The van der Waals surface area contributed by atoms with Gasteiger partial charge in [0.1, 0.15) is 5.82 Å². The molecule has 1 aromatic rings. The Morgan fingerprint density at radius 3 is 2.58 bits per heavy atom. The van der Waals surface area contributed by atoms with Gasteiger partial charge in [-0.15, -0.1) is 0 Å². The Balaban J connectivity index is 1.80. The summed E-state index contributed by atoms with van der Waals surface area (Å²) < 4.78 is 13.6. The van der Waals surface area contributed by atoms with E-state index in [9.17, 15) is 4.39 Å². The molecule has 1 fully saturated rings. The Bertz CT molecular complexity index is 445. The van der Waals surface area contributed by atoms with Crippen molar-refractivity contribution in [3.05, 3.63) is 29.6 Å². The van der Waals surface area contributed by atoms with Crippen LogP contribution in [0.4, 0.5) is 10.1 Å². The van der Waals surface area contributed by atoms with Crippen LogP contribution in [0.15, 0.2) is 18.2 Å². The average Bonchev–Trinajstić information content (AvgIpc) is 2.69. The lowest BCUT2D eigenvalue weighted by Crippen LogP contribution is -2.30. The first-order valence-corrected chi connectivity index (χ1v) is 6.95. The third kappa shape index (κ3) is 4.22. The number of hydrogen-bond donors (Lipinski definition) is 1. The SMILES string of the molecule is N#Cc1ccc(NCCN2CCCCCC2)c(F)c1. The van der Waals surface area contributed by atoms with Gasteiger partial charge in [0.15, 0.2) is 0 Å². The fourth-order valence-corrected chi connectivity index (χ4v) is 2.44. The molecule has 1 aliphatic rings. The molecule has 102 valence electrons. The highest BCUT2D eigenvalue weighted by molar-refractivity contribution is 5.48. The van der Waals surface area contributed by atoms with Gasteiger partial charge in [-0.2, -0.15) is 5.26 Å². The molecule has 1 aliphatic heterocycles. The van der Waals surface area contributed by atoms with Gasteiger partial charge in [0.05, 0.1) is 17.3 Å². The topological polar surface area (TPSA) is 39.1 Å². The first kappa shape index (κ1) is 13.8. The van der Waals surface area contributed by atoms with E-state index in [2.05, 4.69) is 10.2 Å². The first-order chi connectivity index (χ1) is 9.29. The Kier molecular flexibility index (Phi) is 5.17. The molecular formula is C15H20FN3. The van der Waals surface area contributed by atoms with Crippen LogP contribution >= 0.6 is 0 Å². The van der Waals surface area contributed by atoms with Gasteiger partial charge in [0, 0.05) is 13.1 Å². The number of hydrogen-bond acceptors (Lipinski definition) is 3. The monoisotopic (exact) mass is 261 g/mol. The number of likely N-dealkylation sites (tertiary alicyclic amines) is 1. The molecule has 2 rings (SSSR count). The largest absolute Gasteiger partial charge is 0.381 e. The molecule has 0 saturated carbocycles. The normalized spacial score (nSPS) is 16.6. The number of halogens is 1. The Hall–Kier alpha value is -1.60. The van der Waals surface area contributed by atoms with E-state index in [1.54, 1.807) is 12.1 Å². The van der Waals surface area contributed by atoms with Crippen LogP contribution in [0.2, 0.25) is 0 Å². The number of rotatable bonds is 4. The number of anilines is 1. The summed E-state index contributed by atoms with van der Waals surface area (Å²) in [5.74, 6) is -0.352. The minimum atomic E-state index is -0.352.